The fourth-order valence-electron chi connectivity index (χ4n) is 3.16. The zero-order valence-corrected chi connectivity index (χ0v) is 13.9. The number of H-pyrrole nitrogens is 1. The Balaban J connectivity index is 1.54. The van der Waals surface area contributed by atoms with Gasteiger partial charge in [0.1, 0.15) is 0 Å². The summed E-state index contributed by atoms with van der Waals surface area (Å²) in [4.78, 5) is 28.1. The van der Waals surface area contributed by atoms with Crippen LogP contribution in [0.3, 0.4) is 0 Å². The molecule has 0 saturated carbocycles. The van der Waals surface area contributed by atoms with E-state index in [-0.39, 0.29) is 11.5 Å². The van der Waals surface area contributed by atoms with Gasteiger partial charge in [-0.1, -0.05) is 24.3 Å². The SMILES string of the molecule is CC1CCc2ccccc2N1CCC(=O)NCc1ccc(=O)[nH]c1. The Morgan fingerprint density at radius 2 is 2.12 bits per heavy atom. The molecule has 2 aromatic rings. The van der Waals surface area contributed by atoms with Gasteiger partial charge in [-0.25, -0.2) is 0 Å². The fourth-order valence-corrected chi connectivity index (χ4v) is 3.16. The van der Waals surface area contributed by atoms with Crippen LogP contribution < -0.4 is 15.8 Å². The summed E-state index contributed by atoms with van der Waals surface area (Å²) in [6, 6.07) is 12.1. The van der Waals surface area contributed by atoms with Crippen molar-refractivity contribution in [3.63, 3.8) is 0 Å². The first kappa shape index (κ1) is 16.3. The van der Waals surface area contributed by atoms with E-state index in [1.165, 1.54) is 17.3 Å². The average Bonchev–Trinajstić information content (AvgIpc) is 2.60. The van der Waals surface area contributed by atoms with Gasteiger partial charge in [0.15, 0.2) is 0 Å². The van der Waals surface area contributed by atoms with Gasteiger partial charge in [0, 0.05) is 43.5 Å². The third kappa shape index (κ3) is 3.85. The summed E-state index contributed by atoms with van der Waals surface area (Å²) < 4.78 is 0. The highest BCUT2D eigenvalue weighted by Gasteiger charge is 2.22. The molecule has 1 amide bonds. The summed E-state index contributed by atoms with van der Waals surface area (Å²) in [5.74, 6) is 0.0245. The maximum atomic E-state index is 12.1. The van der Waals surface area contributed by atoms with E-state index in [0.29, 0.717) is 19.0 Å². The van der Waals surface area contributed by atoms with E-state index in [4.69, 9.17) is 0 Å². The molecule has 1 atom stereocenters. The number of nitrogens with one attached hydrogen (secondary N) is 2. The number of amides is 1. The second kappa shape index (κ2) is 7.34. The summed E-state index contributed by atoms with van der Waals surface area (Å²) in [6.07, 6.45) is 4.32. The summed E-state index contributed by atoms with van der Waals surface area (Å²) in [6.45, 7) is 3.37. The molecule has 0 saturated heterocycles. The number of anilines is 1. The Kier molecular flexibility index (Phi) is 4.99. The Hall–Kier alpha value is -2.56. The first-order valence-electron chi connectivity index (χ1n) is 8.42. The lowest BCUT2D eigenvalue weighted by Crippen LogP contribution is -2.39. The molecule has 126 valence electrons. The van der Waals surface area contributed by atoms with Crippen molar-refractivity contribution in [3.8, 4) is 0 Å². The summed E-state index contributed by atoms with van der Waals surface area (Å²) >= 11 is 0. The van der Waals surface area contributed by atoms with E-state index in [9.17, 15) is 9.59 Å². The van der Waals surface area contributed by atoms with Crippen LogP contribution in [0.2, 0.25) is 0 Å². The maximum Gasteiger partial charge on any atom is 0.247 e. The Labute approximate surface area is 141 Å². The van der Waals surface area contributed by atoms with E-state index in [1.807, 2.05) is 0 Å². The van der Waals surface area contributed by atoms with Gasteiger partial charge in [0.25, 0.3) is 0 Å². The summed E-state index contributed by atoms with van der Waals surface area (Å²) in [7, 11) is 0. The number of nitrogens with zero attached hydrogens (tertiary/aromatic N) is 1. The summed E-state index contributed by atoms with van der Waals surface area (Å²) in [5, 5.41) is 2.91. The lowest BCUT2D eigenvalue weighted by molar-refractivity contribution is -0.121. The van der Waals surface area contributed by atoms with Crippen LogP contribution in [-0.2, 0) is 17.8 Å². The van der Waals surface area contributed by atoms with Gasteiger partial charge in [-0.05, 0) is 37.0 Å². The molecule has 24 heavy (non-hydrogen) atoms. The molecule has 5 nitrogen and oxygen atoms in total. The Morgan fingerprint density at radius 1 is 1.29 bits per heavy atom. The molecular formula is C19H23N3O2. The second-order valence-corrected chi connectivity index (χ2v) is 6.30. The van der Waals surface area contributed by atoms with Gasteiger partial charge in [-0.2, -0.15) is 0 Å². The van der Waals surface area contributed by atoms with Crippen molar-refractivity contribution in [3.05, 3.63) is 64.1 Å². The minimum Gasteiger partial charge on any atom is -0.368 e. The monoisotopic (exact) mass is 325 g/mol. The molecule has 0 bridgehead atoms. The van der Waals surface area contributed by atoms with Crippen molar-refractivity contribution in [1.82, 2.24) is 10.3 Å². The number of aromatic amines is 1. The van der Waals surface area contributed by atoms with Gasteiger partial charge >= 0.3 is 0 Å². The van der Waals surface area contributed by atoms with Crippen molar-refractivity contribution in [2.75, 3.05) is 11.4 Å². The van der Waals surface area contributed by atoms with E-state index < -0.39 is 0 Å². The van der Waals surface area contributed by atoms with Crippen LogP contribution in [0.15, 0.2) is 47.4 Å². The maximum absolute atomic E-state index is 12.1. The van der Waals surface area contributed by atoms with Crippen LogP contribution in [0, 0.1) is 0 Å². The van der Waals surface area contributed by atoms with Crippen LogP contribution in [0.1, 0.15) is 30.9 Å². The van der Waals surface area contributed by atoms with Crippen LogP contribution in [-0.4, -0.2) is 23.5 Å². The van der Waals surface area contributed by atoms with E-state index in [2.05, 4.69) is 46.4 Å². The first-order chi connectivity index (χ1) is 11.6. The highest BCUT2D eigenvalue weighted by molar-refractivity contribution is 5.76. The quantitative estimate of drug-likeness (QED) is 0.886. The number of fused-ring (bicyclic) bond motifs is 1. The lowest BCUT2D eigenvalue weighted by atomic mass is 9.96. The van der Waals surface area contributed by atoms with Crippen LogP contribution >= 0.6 is 0 Å². The first-order valence-corrected chi connectivity index (χ1v) is 8.42. The standard InChI is InChI=1S/C19H23N3O2/c1-14-6-8-16-4-2-3-5-17(16)22(14)11-10-19(24)21-13-15-7-9-18(23)20-12-15/h2-5,7,9,12,14H,6,8,10-11,13H2,1H3,(H,20,23)(H,21,24). The molecule has 1 aromatic carbocycles. The topological polar surface area (TPSA) is 65.2 Å². The van der Waals surface area contributed by atoms with Crippen molar-refractivity contribution in [2.24, 2.45) is 0 Å². The van der Waals surface area contributed by atoms with Crippen LogP contribution in [0.25, 0.3) is 0 Å². The highest BCUT2D eigenvalue weighted by Crippen LogP contribution is 2.30. The zero-order chi connectivity index (χ0) is 16.9. The molecule has 3 rings (SSSR count). The molecule has 0 radical (unpaired) electrons. The number of para-hydroxylation sites is 1. The number of rotatable bonds is 5. The number of benzene rings is 1. The molecule has 1 unspecified atom stereocenters. The van der Waals surface area contributed by atoms with Gasteiger partial charge in [0.2, 0.25) is 11.5 Å². The summed E-state index contributed by atoms with van der Waals surface area (Å²) in [5.41, 5.74) is 3.37. The molecular weight excluding hydrogens is 302 g/mol. The van der Waals surface area contributed by atoms with Gasteiger partial charge < -0.3 is 15.2 Å². The van der Waals surface area contributed by atoms with Crippen molar-refractivity contribution >= 4 is 11.6 Å². The molecule has 1 aliphatic rings. The minimum atomic E-state index is -0.136. The number of hydrogen-bond donors (Lipinski definition) is 2. The van der Waals surface area contributed by atoms with Crippen LogP contribution in [0.5, 0.6) is 0 Å². The Morgan fingerprint density at radius 3 is 2.92 bits per heavy atom. The highest BCUT2D eigenvalue weighted by atomic mass is 16.1. The number of carbonyl (C=O) groups is 1. The minimum absolute atomic E-state index is 0.0245. The number of carbonyl (C=O) groups excluding carboxylic acids is 1. The predicted molar refractivity (Wildman–Crippen MR) is 95.1 cm³/mol. The molecule has 1 aliphatic heterocycles. The molecule has 2 N–H and O–H groups in total. The molecule has 2 heterocycles. The van der Waals surface area contributed by atoms with Crippen molar-refractivity contribution in [1.29, 1.82) is 0 Å². The number of hydrogen-bond acceptors (Lipinski definition) is 3. The number of aryl methyl sites for hydroxylation is 1. The number of aromatic nitrogens is 1. The normalized spacial score (nSPS) is 16.5. The molecule has 0 aliphatic carbocycles. The third-order valence-corrected chi connectivity index (χ3v) is 4.58. The third-order valence-electron chi connectivity index (χ3n) is 4.58. The largest absolute Gasteiger partial charge is 0.368 e. The van der Waals surface area contributed by atoms with E-state index in [0.717, 1.165) is 24.9 Å². The second-order valence-electron chi connectivity index (χ2n) is 6.30. The Bertz CT molecular complexity index is 749. The van der Waals surface area contributed by atoms with Crippen molar-refractivity contribution < 1.29 is 4.79 Å². The van der Waals surface area contributed by atoms with Gasteiger partial charge in [-0.3, -0.25) is 9.59 Å². The fraction of sp³-hybridized carbons (Fsp3) is 0.368. The predicted octanol–water partition coefficient (Wildman–Crippen LogP) is 2.22. The molecule has 0 spiro atoms. The molecule has 1 aromatic heterocycles. The van der Waals surface area contributed by atoms with Gasteiger partial charge in [-0.15, -0.1) is 0 Å². The van der Waals surface area contributed by atoms with Gasteiger partial charge in [0.05, 0.1) is 0 Å². The lowest BCUT2D eigenvalue weighted by Gasteiger charge is -2.37. The average molecular weight is 325 g/mol. The smallest absolute Gasteiger partial charge is 0.247 e. The number of pyridine rings is 1. The van der Waals surface area contributed by atoms with E-state index >= 15 is 0 Å². The molecule has 5 heteroatoms. The van der Waals surface area contributed by atoms with Crippen LogP contribution in [0.4, 0.5) is 5.69 Å². The van der Waals surface area contributed by atoms with E-state index in [1.54, 1.807) is 12.3 Å². The zero-order valence-electron chi connectivity index (χ0n) is 13.9. The van der Waals surface area contributed by atoms with Crippen molar-refractivity contribution in [2.45, 2.75) is 38.8 Å². The molecule has 0 fully saturated rings.